The van der Waals surface area contributed by atoms with Gasteiger partial charge in [0.25, 0.3) is 0 Å². The van der Waals surface area contributed by atoms with E-state index in [-0.39, 0.29) is 24.7 Å². The Hall–Kier alpha value is -3.22. The van der Waals surface area contributed by atoms with Crippen LogP contribution >= 0.6 is 0 Å². The zero-order valence-corrected chi connectivity index (χ0v) is 18.3. The van der Waals surface area contributed by atoms with Crippen LogP contribution in [0.2, 0.25) is 0 Å². The first kappa shape index (κ1) is 22.5. The normalized spacial score (nSPS) is 13.6. The number of carbonyl (C=O) groups is 2. The Morgan fingerprint density at radius 3 is 2.35 bits per heavy atom. The van der Waals surface area contributed by atoms with Crippen molar-refractivity contribution in [3.63, 3.8) is 0 Å². The maximum atomic E-state index is 12.6. The van der Waals surface area contributed by atoms with Gasteiger partial charge in [-0.15, -0.1) is 0 Å². The highest BCUT2D eigenvalue weighted by Gasteiger charge is 2.23. The minimum atomic E-state index is -0.164. The second-order valence-electron chi connectivity index (χ2n) is 7.46. The summed E-state index contributed by atoms with van der Waals surface area (Å²) in [5.41, 5.74) is 1.74. The summed E-state index contributed by atoms with van der Waals surface area (Å²) in [6.45, 7) is 5.47. The number of hydrogen-bond acceptors (Lipinski definition) is 5. The maximum absolute atomic E-state index is 12.6. The molecule has 7 heteroatoms. The van der Waals surface area contributed by atoms with Gasteiger partial charge in [0.05, 0.1) is 19.4 Å². The summed E-state index contributed by atoms with van der Waals surface area (Å²) in [7, 11) is 1.66. The van der Waals surface area contributed by atoms with Crippen LogP contribution in [-0.2, 0) is 9.59 Å². The number of amides is 2. The molecule has 3 rings (SSSR count). The van der Waals surface area contributed by atoms with Crippen LogP contribution in [-0.4, -0.2) is 56.6 Å². The van der Waals surface area contributed by atoms with Gasteiger partial charge in [-0.25, -0.2) is 0 Å². The Balaban J connectivity index is 1.41. The maximum Gasteiger partial charge on any atom is 0.224 e. The lowest BCUT2D eigenvalue weighted by Crippen LogP contribution is -2.49. The van der Waals surface area contributed by atoms with Crippen molar-refractivity contribution in [2.24, 2.45) is 0 Å². The number of nitrogens with one attached hydrogen (secondary N) is 1. The number of para-hydroxylation sites is 2. The van der Waals surface area contributed by atoms with E-state index in [1.165, 1.54) is 0 Å². The van der Waals surface area contributed by atoms with Gasteiger partial charge in [-0.3, -0.25) is 9.59 Å². The van der Waals surface area contributed by atoms with E-state index in [1.807, 2.05) is 53.4 Å². The highest BCUT2D eigenvalue weighted by Crippen LogP contribution is 2.28. The van der Waals surface area contributed by atoms with E-state index in [1.54, 1.807) is 7.11 Å². The molecular formula is C24H31N3O4. The molecule has 0 bridgehead atoms. The van der Waals surface area contributed by atoms with E-state index < -0.39 is 0 Å². The lowest BCUT2D eigenvalue weighted by atomic mass is 10.2. The molecule has 1 fully saturated rings. The standard InChI is InChI=1S/C24H31N3O4/c1-3-18-31-20-10-8-19(9-11-20)25-23(28)12-13-24(29)27-16-14-26(15-17-27)21-6-4-5-7-22(21)30-2/h4-11H,3,12-18H2,1-2H3,(H,25,28). The summed E-state index contributed by atoms with van der Waals surface area (Å²) in [5.74, 6) is 1.47. The summed E-state index contributed by atoms with van der Waals surface area (Å²) >= 11 is 0. The van der Waals surface area contributed by atoms with Crippen LogP contribution in [0.4, 0.5) is 11.4 Å². The van der Waals surface area contributed by atoms with Crippen LogP contribution in [0.15, 0.2) is 48.5 Å². The van der Waals surface area contributed by atoms with E-state index in [2.05, 4.69) is 17.1 Å². The summed E-state index contributed by atoms with van der Waals surface area (Å²) < 4.78 is 11.0. The molecule has 1 heterocycles. The number of anilines is 2. The molecule has 0 aromatic heterocycles. The molecule has 31 heavy (non-hydrogen) atoms. The average Bonchev–Trinajstić information content (AvgIpc) is 2.82. The molecule has 1 aliphatic heterocycles. The molecule has 0 unspecified atom stereocenters. The third kappa shape index (κ3) is 6.38. The van der Waals surface area contributed by atoms with Crippen LogP contribution in [0.5, 0.6) is 11.5 Å². The van der Waals surface area contributed by atoms with Gasteiger partial charge in [-0.1, -0.05) is 19.1 Å². The highest BCUT2D eigenvalue weighted by molar-refractivity contribution is 5.93. The number of nitrogens with zero attached hydrogens (tertiary/aromatic N) is 2. The van der Waals surface area contributed by atoms with Crippen molar-refractivity contribution in [3.8, 4) is 11.5 Å². The molecule has 1 N–H and O–H groups in total. The average molecular weight is 426 g/mol. The van der Waals surface area contributed by atoms with Gasteiger partial charge in [0.15, 0.2) is 0 Å². The zero-order valence-electron chi connectivity index (χ0n) is 18.3. The fourth-order valence-electron chi connectivity index (χ4n) is 3.54. The largest absolute Gasteiger partial charge is 0.495 e. The van der Waals surface area contributed by atoms with Crippen LogP contribution < -0.4 is 19.7 Å². The fourth-order valence-corrected chi connectivity index (χ4v) is 3.54. The Labute approximate surface area is 183 Å². The van der Waals surface area contributed by atoms with Crippen molar-refractivity contribution in [1.29, 1.82) is 0 Å². The summed E-state index contributed by atoms with van der Waals surface area (Å²) in [6, 6.07) is 15.2. The molecule has 2 aromatic carbocycles. The van der Waals surface area contributed by atoms with Crippen LogP contribution in [0, 0.1) is 0 Å². The van der Waals surface area contributed by atoms with E-state index in [0.29, 0.717) is 25.4 Å². The zero-order chi connectivity index (χ0) is 22.1. The van der Waals surface area contributed by atoms with Gasteiger partial charge >= 0.3 is 0 Å². The summed E-state index contributed by atoms with van der Waals surface area (Å²) in [4.78, 5) is 28.8. The molecule has 0 atom stereocenters. The number of piperazine rings is 1. The Morgan fingerprint density at radius 2 is 1.68 bits per heavy atom. The van der Waals surface area contributed by atoms with E-state index in [0.717, 1.165) is 36.7 Å². The second kappa shape index (κ2) is 11.2. The topological polar surface area (TPSA) is 71.1 Å². The number of rotatable bonds is 9. The van der Waals surface area contributed by atoms with Crippen LogP contribution in [0.1, 0.15) is 26.2 Å². The van der Waals surface area contributed by atoms with Gasteiger partial charge in [0.2, 0.25) is 11.8 Å². The summed E-state index contributed by atoms with van der Waals surface area (Å²) in [6.07, 6.45) is 1.32. The number of carbonyl (C=O) groups excluding carboxylic acids is 2. The van der Waals surface area contributed by atoms with Gasteiger partial charge in [-0.2, -0.15) is 0 Å². The van der Waals surface area contributed by atoms with Gasteiger partial charge in [-0.05, 0) is 42.8 Å². The molecule has 2 amide bonds. The lowest BCUT2D eigenvalue weighted by Gasteiger charge is -2.36. The first-order chi connectivity index (χ1) is 15.1. The molecule has 166 valence electrons. The van der Waals surface area contributed by atoms with Gasteiger partial charge < -0.3 is 24.6 Å². The molecule has 1 saturated heterocycles. The first-order valence-corrected chi connectivity index (χ1v) is 10.8. The monoisotopic (exact) mass is 425 g/mol. The van der Waals surface area contributed by atoms with Crippen molar-refractivity contribution in [3.05, 3.63) is 48.5 Å². The molecule has 0 radical (unpaired) electrons. The minimum Gasteiger partial charge on any atom is -0.495 e. The predicted molar refractivity (Wildman–Crippen MR) is 122 cm³/mol. The number of methoxy groups -OCH3 is 1. The Kier molecular flexibility index (Phi) is 8.15. The van der Waals surface area contributed by atoms with Crippen molar-refractivity contribution >= 4 is 23.2 Å². The molecule has 7 nitrogen and oxygen atoms in total. The third-order valence-corrected chi connectivity index (χ3v) is 5.24. The first-order valence-electron chi connectivity index (χ1n) is 10.8. The quantitative estimate of drug-likeness (QED) is 0.665. The fraction of sp³-hybridized carbons (Fsp3) is 0.417. The molecule has 1 aliphatic rings. The van der Waals surface area contributed by atoms with Crippen LogP contribution in [0.25, 0.3) is 0 Å². The molecular weight excluding hydrogens is 394 g/mol. The second-order valence-corrected chi connectivity index (χ2v) is 7.46. The predicted octanol–water partition coefficient (Wildman–Crippen LogP) is 3.55. The van der Waals surface area contributed by atoms with Crippen LogP contribution in [0.3, 0.4) is 0 Å². The smallest absolute Gasteiger partial charge is 0.224 e. The molecule has 2 aromatic rings. The molecule has 0 aliphatic carbocycles. The van der Waals surface area contributed by atoms with Crippen molar-refractivity contribution in [2.75, 3.05) is 50.1 Å². The number of benzene rings is 2. The number of ether oxygens (including phenoxy) is 2. The minimum absolute atomic E-state index is 0.0122. The highest BCUT2D eigenvalue weighted by atomic mass is 16.5. The van der Waals surface area contributed by atoms with Gasteiger partial charge in [0, 0.05) is 44.7 Å². The van der Waals surface area contributed by atoms with Crippen molar-refractivity contribution < 1.29 is 19.1 Å². The van der Waals surface area contributed by atoms with E-state index in [4.69, 9.17) is 9.47 Å². The van der Waals surface area contributed by atoms with Crippen molar-refractivity contribution in [2.45, 2.75) is 26.2 Å². The van der Waals surface area contributed by atoms with E-state index >= 15 is 0 Å². The lowest BCUT2D eigenvalue weighted by molar-refractivity contribution is -0.133. The Bertz CT molecular complexity index is 861. The Morgan fingerprint density at radius 1 is 0.968 bits per heavy atom. The summed E-state index contributed by atoms with van der Waals surface area (Å²) in [5, 5.41) is 2.84. The molecule has 0 saturated carbocycles. The SMILES string of the molecule is CCCOc1ccc(NC(=O)CCC(=O)N2CCN(c3ccccc3OC)CC2)cc1. The molecule has 0 spiro atoms. The number of hydrogen-bond donors (Lipinski definition) is 1. The van der Waals surface area contributed by atoms with Gasteiger partial charge in [0.1, 0.15) is 11.5 Å². The third-order valence-electron chi connectivity index (χ3n) is 5.24. The van der Waals surface area contributed by atoms with Crippen molar-refractivity contribution in [1.82, 2.24) is 4.90 Å². The van der Waals surface area contributed by atoms with E-state index in [9.17, 15) is 9.59 Å².